The number of aryl methyl sites for hydroxylation is 2. The Bertz CT molecular complexity index is 818. The maximum Gasteiger partial charge on any atom is 0.160 e. The minimum absolute atomic E-state index is 0.604. The lowest BCUT2D eigenvalue weighted by atomic mass is 10.0. The molecule has 1 fully saturated rings. The largest absolute Gasteiger partial charge is 0.314 e. The van der Waals surface area contributed by atoms with E-state index in [9.17, 15) is 0 Å². The van der Waals surface area contributed by atoms with Crippen LogP contribution in [0.4, 0.5) is 0 Å². The molecule has 5 nitrogen and oxygen atoms in total. The number of nitrogens with one attached hydrogen (secondary N) is 1. The summed E-state index contributed by atoms with van der Waals surface area (Å²) in [6.45, 7) is 4.13. The summed E-state index contributed by atoms with van der Waals surface area (Å²) >= 11 is 0. The third-order valence-electron chi connectivity index (χ3n) is 4.77. The van der Waals surface area contributed by atoms with Gasteiger partial charge in [-0.2, -0.15) is 0 Å². The van der Waals surface area contributed by atoms with E-state index in [0.29, 0.717) is 6.04 Å². The molecule has 1 N–H and O–H groups in total. The van der Waals surface area contributed by atoms with Gasteiger partial charge in [0.1, 0.15) is 11.3 Å². The van der Waals surface area contributed by atoms with Gasteiger partial charge in [0.15, 0.2) is 5.65 Å². The van der Waals surface area contributed by atoms with Crippen molar-refractivity contribution in [1.29, 1.82) is 0 Å². The number of imidazole rings is 1. The second-order valence-corrected chi connectivity index (χ2v) is 6.61. The predicted molar refractivity (Wildman–Crippen MR) is 95.8 cm³/mol. The lowest BCUT2D eigenvalue weighted by molar-refractivity contribution is 0.368. The minimum Gasteiger partial charge on any atom is -0.314 e. The van der Waals surface area contributed by atoms with Gasteiger partial charge in [0.2, 0.25) is 0 Å². The number of pyridine rings is 2. The predicted octanol–water partition coefficient (Wildman–Crippen LogP) is 3.33. The van der Waals surface area contributed by atoms with Gasteiger partial charge in [-0.25, -0.2) is 9.97 Å². The first-order chi connectivity index (χ1) is 11.8. The van der Waals surface area contributed by atoms with Crippen LogP contribution >= 0.6 is 0 Å². The summed E-state index contributed by atoms with van der Waals surface area (Å²) in [5, 5.41) is 3.63. The van der Waals surface area contributed by atoms with Crippen molar-refractivity contribution in [2.75, 3.05) is 6.54 Å². The standard InChI is InChI=1S/C19H23N5/c1-14-12-17-19(22-13-14)24(11-7-16-4-2-3-8-21-16)18(23-17)15-5-9-20-10-6-15/h5-6,9-10,12-13,16,21H,2-4,7-8,11H2,1H3. The Morgan fingerprint density at radius 1 is 1.25 bits per heavy atom. The van der Waals surface area contributed by atoms with Crippen LogP contribution in [-0.2, 0) is 6.54 Å². The highest BCUT2D eigenvalue weighted by atomic mass is 15.1. The van der Waals surface area contributed by atoms with Crippen LogP contribution < -0.4 is 5.32 Å². The lowest BCUT2D eigenvalue weighted by Gasteiger charge is -2.23. The fourth-order valence-corrected chi connectivity index (χ4v) is 3.50. The Kier molecular flexibility index (Phi) is 4.26. The van der Waals surface area contributed by atoms with Crippen LogP contribution in [0.3, 0.4) is 0 Å². The summed E-state index contributed by atoms with van der Waals surface area (Å²) in [5.41, 5.74) is 4.18. The van der Waals surface area contributed by atoms with E-state index in [1.807, 2.05) is 30.7 Å². The van der Waals surface area contributed by atoms with Gasteiger partial charge in [0, 0.05) is 36.7 Å². The fourth-order valence-electron chi connectivity index (χ4n) is 3.50. The second kappa shape index (κ2) is 6.69. The lowest BCUT2D eigenvalue weighted by Crippen LogP contribution is -2.34. The smallest absolute Gasteiger partial charge is 0.160 e. The molecule has 1 aliphatic rings. The molecule has 1 aliphatic heterocycles. The Balaban J connectivity index is 1.70. The summed E-state index contributed by atoms with van der Waals surface area (Å²) in [7, 11) is 0. The van der Waals surface area contributed by atoms with E-state index in [2.05, 4.69) is 32.8 Å². The van der Waals surface area contributed by atoms with Gasteiger partial charge in [-0.05, 0) is 56.5 Å². The van der Waals surface area contributed by atoms with Gasteiger partial charge in [-0.3, -0.25) is 4.98 Å². The highest BCUT2D eigenvalue weighted by molar-refractivity contribution is 5.77. The maximum atomic E-state index is 4.86. The van der Waals surface area contributed by atoms with Crippen LogP contribution in [0.2, 0.25) is 0 Å². The molecular formula is C19H23N5. The van der Waals surface area contributed by atoms with Crippen molar-refractivity contribution < 1.29 is 0 Å². The Morgan fingerprint density at radius 2 is 2.12 bits per heavy atom. The zero-order chi connectivity index (χ0) is 16.4. The monoisotopic (exact) mass is 321 g/mol. The maximum absolute atomic E-state index is 4.86. The minimum atomic E-state index is 0.604. The van der Waals surface area contributed by atoms with E-state index in [4.69, 9.17) is 4.98 Å². The van der Waals surface area contributed by atoms with Crippen LogP contribution in [0.15, 0.2) is 36.8 Å². The van der Waals surface area contributed by atoms with Crippen molar-refractivity contribution >= 4 is 11.2 Å². The molecule has 0 aliphatic carbocycles. The highest BCUT2D eigenvalue weighted by Crippen LogP contribution is 2.25. The molecule has 4 rings (SSSR count). The number of hydrogen-bond acceptors (Lipinski definition) is 4. The topological polar surface area (TPSA) is 55.6 Å². The van der Waals surface area contributed by atoms with E-state index >= 15 is 0 Å². The van der Waals surface area contributed by atoms with Crippen molar-refractivity contribution in [2.45, 2.75) is 45.2 Å². The summed E-state index contributed by atoms with van der Waals surface area (Å²) < 4.78 is 2.26. The van der Waals surface area contributed by atoms with E-state index in [0.717, 1.165) is 47.6 Å². The second-order valence-electron chi connectivity index (χ2n) is 6.61. The molecule has 0 bridgehead atoms. The SMILES string of the molecule is Cc1cnc2c(c1)nc(-c1ccncc1)n2CCC1CCCCN1. The van der Waals surface area contributed by atoms with Crippen LogP contribution in [0.5, 0.6) is 0 Å². The Hall–Kier alpha value is -2.27. The van der Waals surface area contributed by atoms with Gasteiger partial charge >= 0.3 is 0 Å². The molecule has 1 unspecified atom stereocenters. The third-order valence-corrected chi connectivity index (χ3v) is 4.77. The Morgan fingerprint density at radius 3 is 2.92 bits per heavy atom. The van der Waals surface area contributed by atoms with Crippen LogP contribution in [0.25, 0.3) is 22.6 Å². The highest BCUT2D eigenvalue weighted by Gasteiger charge is 2.17. The number of rotatable bonds is 4. The molecule has 0 aromatic carbocycles. The zero-order valence-electron chi connectivity index (χ0n) is 14.1. The summed E-state index contributed by atoms with van der Waals surface area (Å²) in [6.07, 6.45) is 10.6. The number of hydrogen-bond donors (Lipinski definition) is 1. The summed E-state index contributed by atoms with van der Waals surface area (Å²) in [6, 6.07) is 6.75. The van der Waals surface area contributed by atoms with E-state index < -0.39 is 0 Å². The zero-order valence-corrected chi connectivity index (χ0v) is 14.1. The van der Waals surface area contributed by atoms with Gasteiger partial charge < -0.3 is 9.88 Å². The quantitative estimate of drug-likeness (QED) is 0.801. The molecule has 4 heterocycles. The molecule has 0 saturated carbocycles. The molecule has 24 heavy (non-hydrogen) atoms. The van der Waals surface area contributed by atoms with Gasteiger partial charge in [-0.1, -0.05) is 6.42 Å². The molecule has 3 aromatic rings. The van der Waals surface area contributed by atoms with Crippen LogP contribution in [-0.4, -0.2) is 32.1 Å². The number of fused-ring (bicyclic) bond motifs is 1. The number of nitrogens with zero attached hydrogens (tertiary/aromatic N) is 4. The van der Waals surface area contributed by atoms with E-state index in [-0.39, 0.29) is 0 Å². The molecule has 1 saturated heterocycles. The van der Waals surface area contributed by atoms with Gasteiger partial charge in [0.25, 0.3) is 0 Å². The van der Waals surface area contributed by atoms with Crippen molar-refractivity contribution in [3.63, 3.8) is 0 Å². The number of piperidine rings is 1. The molecule has 0 radical (unpaired) electrons. The molecule has 1 atom stereocenters. The first kappa shape index (κ1) is 15.3. The van der Waals surface area contributed by atoms with Gasteiger partial charge in [-0.15, -0.1) is 0 Å². The first-order valence-corrected chi connectivity index (χ1v) is 8.78. The molecule has 0 spiro atoms. The number of aromatic nitrogens is 4. The summed E-state index contributed by atoms with van der Waals surface area (Å²) in [4.78, 5) is 13.6. The van der Waals surface area contributed by atoms with Crippen LogP contribution in [0, 0.1) is 6.92 Å². The molecule has 5 heteroatoms. The molecule has 3 aromatic heterocycles. The fraction of sp³-hybridized carbons (Fsp3) is 0.421. The average molecular weight is 321 g/mol. The average Bonchev–Trinajstić information content (AvgIpc) is 2.99. The van der Waals surface area contributed by atoms with Crippen molar-refractivity contribution in [3.8, 4) is 11.4 Å². The normalized spacial score (nSPS) is 18.1. The third kappa shape index (κ3) is 3.04. The molecule has 0 amide bonds. The Labute approximate surface area is 142 Å². The first-order valence-electron chi connectivity index (χ1n) is 8.78. The van der Waals surface area contributed by atoms with Gasteiger partial charge in [0.05, 0.1) is 0 Å². The van der Waals surface area contributed by atoms with Crippen LogP contribution in [0.1, 0.15) is 31.2 Å². The van der Waals surface area contributed by atoms with E-state index in [1.54, 1.807) is 0 Å². The van der Waals surface area contributed by atoms with E-state index in [1.165, 1.54) is 19.3 Å². The van der Waals surface area contributed by atoms with Crippen molar-refractivity contribution in [1.82, 2.24) is 24.8 Å². The molecule has 124 valence electrons. The summed E-state index contributed by atoms with van der Waals surface area (Å²) in [5.74, 6) is 0.987. The van der Waals surface area contributed by atoms with Crippen molar-refractivity contribution in [2.24, 2.45) is 0 Å². The molecular weight excluding hydrogens is 298 g/mol. The van der Waals surface area contributed by atoms with Crippen molar-refractivity contribution in [3.05, 3.63) is 42.4 Å².